The number of aliphatic hydroxyl groups is 1. The topological polar surface area (TPSA) is 201 Å². The van der Waals surface area contributed by atoms with Gasteiger partial charge in [-0.05, 0) is 69.2 Å². The third-order valence-corrected chi connectivity index (χ3v) is 11.7. The summed E-state index contributed by atoms with van der Waals surface area (Å²) >= 11 is 0. The smallest absolute Gasteiger partial charge is 0.410 e. The molecular weight excluding hydrogens is 670 g/mol. The summed E-state index contributed by atoms with van der Waals surface area (Å²) in [6.07, 6.45) is 0.392. The number of aromatic nitrogens is 1. The van der Waals surface area contributed by atoms with Crippen molar-refractivity contribution in [2.45, 2.75) is 68.9 Å². The number of amides is 2. The summed E-state index contributed by atoms with van der Waals surface area (Å²) in [6, 6.07) is 10.1. The molecule has 0 radical (unpaired) electrons. The Kier molecular flexibility index (Phi) is 7.48. The number of nitro groups is 1. The van der Waals surface area contributed by atoms with Crippen LogP contribution in [-0.2, 0) is 26.1 Å². The predicted molar refractivity (Wildman–Crippen MR) is 176 cm³/mol. The Labute approximate surface area is 287 Å². The minimum atomic E-state index is -4.17. The van der Waals surface area contributed by atoms with Gasteiger partial charge in [-0.1, -0.05) is 31.2 Å². The zero-order chi connectivity index (χ0) is 36.1. The van der Waals surface area contributed by atoms with Gasteiger partial charge in [-0.15, -0.1) is 0 Å². The van der Waals surface area contributed by atoms with Gasteiger partial charge in [0.25, 0.3) is 27.4 Å². The van der Waals surface area contributed by atoms with E-state index in [-0.39, 0.29) is 70.8 Å². The van der Waals surface area contributed by atoms with Gasteiger partial charge < -0.3 is 29.8 Å². The maximum Gasteiger partial charge on any atom is 0.410 e. The number of fused-ring (bicyclic) bond motifs is 5. The fourth-order valence-electron chi connectivity index (χ4n) is 7.24. The van der Waals surface area contributed by atoms with Gasteiger partial charge in [0, 0.05) is 43.4 Å². The highest BCUT2D eigenvalue weighted by atomic mass is 32.2. The first-order valence-corrected chi connectivity index (χ1v) is 17.7. The molecule has 3 heterocycles. The molecule has 2 amide bonds. The van der Waals surface area contributed by atoms with Crippen LogP contribution in [0, 0.1) is 23.0 Å². The zero-order valence-corrected chi connectivity index (χ0v) is 28.9. The van der Waals surface area contributed by atoms with Crippen LogP contribution in [0.1, 0.15) is 83.1 Å². The second-order valence-electron chi connectivity index (χ2n) is 14.4. The van der Waals surface area contributed by atoms with E-state index < -0.39 is 55.3 Å². The Morgan fingerprint density at radius 3 is 2.44 bits per heavy atom. The van der Waals surface area contributed by atoms with Gasteiger partial charge in [-0.3, -0.25) is 19.7 Å². The maximum atomic E-state index is 14.4. The van der Waals surface area contributed by atoms with E-state index >= 15 is 0 Å². The van der Waals surface area contributed by atoms with Gasteiger partial charge >= 0.3 is 6.09 Å². The van der Waals surface area contributed by atoms with Crippen LogP contribution < -0.4 is 10.1 Å². The number of benzene rings is 2. The number of ether oxygens (including phenoxy) is 2. The number of H-pyrrole nitrogens is 1. The molecule has 4 aliphatic rings. The summed E-state index contributed by atoms with van der Waals surface area (Å²) in [5.41, 5.74) is -3.15. The number of piperazine rings is 1. The molecule has 4 atom stereocenters. The van der Waals surface area contributed by atoms with E-state index in [1.807, 2.05) is 0 Å². The molecule has 0 bridgehead atoms. The van der Waals surface area contributed by atoms with Crippen molar-refractivity contribution in [2.24, 2.45) is 5.92 Å². The van der Waals surface area contributed by atoms with Gasteiger partial charge in [0.2, 0.25) is 11.3 Å². The molecule has 16 heteroatoms. The van der Waals surface area contributed by atoms with Crippen molar-refractivity contribution in [3.63, 3.8) is 0 Å². The van der Waals surface area contributed by atoms with Crippen molar-refractivity contribution < 1.29 is 42.3 Å². The number of nitrogens with zero attached hydrogens (tertiary/aromatic N) is 3. The van der Waals surface area contributed by atoms with E-state index in [1.54, 1.807) is 39.0 Å². The van der Waals surface area contributed by atoms with E-state index in [4.69, 9.17) is 9.47 Å². The van der Waals surface area contributed by atoms with Crippen LogP contribution in [0.4, 0.5) is 10.5 Å². The first-order chi connectivity index (χ1) is 23.4. The van der Waals surface area contributed by atoms with Gasteiger partial charge in [0.1, 0.15) is 27.6 Å². The van der Waals surface area contributed by atoms with Crippen LogP contribution in [-0.4, -0.2) is 82.2 Å². The standard InChI is InChI=1S/C34H37N5O10S/c1-18-15-22(18)20-9-10-23-25(17-20)48-34(43)27-21(7-6-8-24(27)39(44)45)29(40)33(23,34)36-30(41)28-19(2)16-26(35-28)50(46,47)38-13-11-37(12-14-38)31(42)49-32(3,4)5/h6-10,16-18,22,35,43H,11-15H2,1-5H3,(H,36,41)/t18-,22-,33?,34?/m0/s1. The van der Waals surface area contributed by atoms with Crippen LogP contribution in [0.15, 0.2) is 47.5 Å². The molecule has 0 spiro atoms. The number of nitrogens with one attached hydrogen (secondary N) is 2. The molecule has 264 valence electrons. The summed E-state index contributed by atoms with van der Waals surface area (Å²) < 4.78 is 40.0. The maximum absolute atomic E-state index is 14.4. The zero-order valence-electron chi connectivity index (χ0n) is 28.1. The molecule has 1 saturated heterocycles. The number of rotatable bonds is 6. The highest BCUT2D eigenvalue weighted by molar-refractivity contribution is 7.89. The quantitative estimate of drug-likeness (QED) is 0.251. The largest absolute Gasteiger partial charge is 0.454 e. The van der Waals surface area contributed by atoms with Crippen molar-refractivity contribution in [1.29, 1.82) is 0 Å². The Balaban J connectivity index is 1.21. The minimum absolute atomic E-state index is 0.0153. The first-order valence-electron chi connectivity index (χ1n) is 16.3. The summed E-state index contributed by atoms with van der Waals surface area (Å²) in [5.74, 6) is -3.71. The summed E-state index contributed by atoms with van der Waals surface area (Å²) in [5, 5.41) is 26.8. The van der Waals surface area contributed by atoms with Crippen molar-refractivity contribution in [3.05, 3.63) is 86.1 Å². The summed E-state index contributed by atoms with van der Waals surface area (Å²) in [7, 11) is -4.17. The molecule has 15 nitrogen and oxygen atoms in total. The summed E-state index contributed by atoms with van der Waals surface area (Å²) in [4.78, 5) is 56.5. The molecule has 2 aliphatic heterocycles. The van der Waals surface area contributed by atoms with Gasteiger partial charge in [0.15, 0.2) is 0 Å². The number of ketones is 1. The number of nitro benzene ring substituents is 1. The van der Waals surface area contributed by atoms with Crippen molar-refractivity contribution in [2.75, 3.05) is 26.2 Å². The molecular formula is C34H37N5O10S. The third kappa shape index (κ3) is 4.99. The van der Waals surface area contributed by atoms with Gasteiger partial charge in [0.05, 0.1) is 4.92 Å². The number of aryl methyl sites for hydroxylation is 1. The van der Waals surface area contributed by atoms with Gasteiger partial charge in [-0.2, -0.15) is 4.31 Å². The molecule has 2 aromatic carbocycles. The Bertz CT molecular complexity index is 2100. The number of hydrogen-bond acceptors (Lipinski definition) is 10. The fourth-order valence-corrected chi connectivity index (χ4v) is 8.72. The molecule has 1 saturated carbocycles. The normalized spacial score (nSPS) is 25.7. The third-order valence-electron chi connectivity index (χ3n) is 9.90. The van der Waals surface area contributed by atoms with Crippen LogP contribution in [0.5, 0.6) is 5.75 Å². The van der Waals surface area contributed by atoms with E-state index in [1.165, 1.54) is 34.3 Å². The Morgan fingerprint density at radius 2 is 1.82 bits per heavy atom. The number of carbonyl (C=O) groups is 3. The molecule has 3 N–H and O–H groups in total. The van der Waals surface area contributed by atoms with E-state index in [9.17, 15) is 38.0 Å². The Hall–Kier alpha value is -4.80. The summed E-state index contributed by atoms with van der Waals surface area (Å²) in [6.45, 7) is 8.97. The Morgan fingerprint density at radius 1 is 1.14 bits per heavy atom. The molecule has 2 aliphatic carbocycles. The molecule has 3 aromatic rings. The average molecular weight is 708 g/mol. The monoisotopic (exact) mass is 707 g/mol. The van der Waals surface area contributed by atoms with Crippen LogP contribution in [0.3, 0.4) is 0 Å². The molecule has 2 fully saturated rings. The first kappa shape index (κ1) is 33.7. The van der Waals surface area contributed by atoms with Crippen molar-refractivity contribution in [1.82, 2.24) is 19.5 Å². The van der Waals surface area contributed by atoms with Crippen LogP contribution >= 0.6 is 0 Å². The van der Waals surface area contributed by atoms with Crippen molar-refractivity contribution in [3.8, 4) is 5.75 Å². The number of hydrogen-bond donors (Lipinski definition) is 3. The van der Waals surface area contributed by atoms with Gasteiger partial charge in [-0.25, -0.2) is 13.2 Å². The van der Waals surface area contributed by atoms with Crippen LogP contribution in [0.2, 0.25) is 0 Å². The number of aromatic amines is 1. The minimum Gasteiger partial charge on any atom is -0.454 e. The lowest BCUT2D eigenvalue weighted by Gasteiger charge is -2.34. The lowest BCUT2D eigenvalue weighted by Crippen LogP contribution is -2.60. The lowest BCUT2D eigenvalue weighted by atomic mass is 9.82. The average Bonchev–Trinajstić information content (AvgIpc) is 3.48. The molecule has 1 aromatic heterocycles. The fraction of sp³-hybridized carbons (Fsp3) is 0.441. The molecule has 50 heavy (non-hydrogen) atoms. The van der Waals surface area contributed by atoms with E-state index in [0.29, 0.717) is 5.92 Å². The van der Waals surface area contributed by atoms with Crippen molar-refractivity contribution >= 4 is 33.5 Å². The number of carbonyl (C=O) groups excluding carboxylic acids is 3. The van der Waals surface area contributed by atoms with E-state index in [2.05, 4.69) is 17.2 Å². The number of Topliss-reactive ketones (excluding diaryl/α,β-unsaturated/α-hetero) is 1. The van der Waals surface area contributed by atoms with E-state index in [0.717, 1.165) is 18.1 Å². The predicted octanol–water partition coefficient (Wildman–Crippen LogP) is 3.66. The van der Waals surface area contributed by atoms with Crippen LogP contribution in [0.25, 0.3) is 0 Å². The molecule has 7 rings (SSSR count). The highest BCUT2D eigenvalue weighted by Gasteiger charge is 2.73. The molecule has 2 unspecified atom stereocenters. The highest BCUT2D eigenvalue weighted by Crippen LogP contribution is 2.61. The second-order valence-corrected chi connectivity index (χ2v) is 16.3. The SMILES string of the molecule is Cc1cc(S(=O)(=O)N2CCN(C(=O)OC(C)(C)C)CC2)[nH]c1C(=O)NC12C(=O)c3cccc([N+](=O)[O-])c3C1(O)Oc1cc([C@H]3C[C@@H]3C)ccc12. The lowest BCUT2D eigenvalue weighted by molar-refractivity contribution is -0.388. The second kappa shape index (κ2) is 11.1. The number of sulfonamides is 1.